The number of aromatic nitrogens is 3. The molecule has 9 nitrogen and oxygen atoms in total. The van der Waals surface area contributed by atoms with Crippen molar-refractivity contribution in [2.75, 3.05) is 13.2 Å². The van der Waals surface area contributed by atoms with E-state index >= 15 is 0 Å². The van der Waals surface area contributed by atoms with Gasteiger partial charge in [-0.1, -0.05) is 11.3 Å². The van der Waals surface area contributed by atoms with Gasteiger partial charge in [0, 0.05) is 24.0 Å². The summed E-state index contributed by atoms with van der Waals surface area (Å²) in [6.07, 6.45) is 0.871. The van der Waals surface area contributed by atoms with Crippen LogP contribution in [0.5, 0.6) is 11.6 Å². The fourth-order valence-electron chi connectivity index (χ4n) is 2.38. The van der Waals surface area contributed by atoms with Crippen molar-refractivity contribution < 1.29 is 27.8 Å². The van der Waals surface area contributed by atoms with E-state index in [1.807, 2.05) is 0 Å². The average molecular weight is 377 g/mol. The molecule has 1 aliphatic heterocycles. The molecule has 0 atom stereocenters. The Bertz CT molecular complexity index is 967. The van der Waals surface area contributed by atoms with Crippen molar-refractivity contribution in [2.24, 2.45) is 0 Å². The molecule has 2 N–H and O–H groups in total. The van der Waals surface area contributed by atoms with Crippen LogP contribution in [-0.4, -0.2) is 53.4 Å². The van der Waals surface area contributed by atoms with Crippen molar-refractivity contribution in [3.63, 3.8) is 0 Å². The second kappa shape index (κ2) is 7.55. The molecular weight excluding hydrogens is 362 g/mol. The summed E-state index contributed by atoms with van der Waals surface area (Å²) in [6.45, 7) is 0.831. The topological polar surface area (TPSA) is 131 Å². The molecular formula is C16H15N3O6S. The number of nitrogens with one attached hydrogen (secondary N) is 1. The van der Waals surface area contributed by atoms with E-state index in [9.17, 15) is 13.2 Å². The Labute approximate surface area is 149 Å². The first kappa shape index (κ1) is 17.9. The van der Waals surface area contributed by atoms with Crippen molar-refractivity contribution in [3.8, 4) is 22.8 Å². The Balaban J connectivity index is 1.78. The summed E-state index contributed by atoms with van der Waals surface area (Å²) in [7, 11) is -3.55. The van der Waals surface area contributed by atoms with Crippen LogP contribution in [0.3, 0.4) is 0 Å². The van der Waals surface area contributed by atoms with Gasteiger partial charge in [-0.15, -0.1) is 5.10 Å². The first-order chi connectivity index (χ1) is 12.5. The van der Waals surface area contributed by atoms with E-state index < -0.39 is 21.1 Å². The third-order valence-electron chi connectivity index (χ3n) is 3.72. The minimum absolute atomic E-state index is 0.127. The molecule has 10 heteroatoms. The van der Waals surface area contributed by atoms with Crippen LogP contribution in [0, 0.1) is 11.2 Å². The number of carbonyl (C=O) groups is 1. The van der Waals surface area contributed by atoms with Gasteiger partial charge < -0.3 is 14.6 Å². The number of hydrogen-bond donors (Lipinski definition) is 2. The standard InChI is InChI=1S/C16H15N3O6S/c20-16(21)14-15(18-19-17-14)25-12-3-1-2-11(10-12)6-9-26(22,23)13-4-7-24-8-5-13/h1-3,10,13H,4-5,7-8H2,(H,20,21)(H,17,18,19). The van der Waals surface area contributed by atoms with E-state index in [0.29, 0.717) is 31.6 Å². The number of ether oxygens (including phenoxy) is 2. The monoisotopic (exact) mass is 377 g/mol. The second-order valence-corrected chi connectivity index (χ2v) is 7.47. The van der Waals surface area contributed by atoms with Gasteiger partial charge in [0.05, 0.1) is 5.25 Å². The van der Waals surface area contributed by atoms with E-state index in [4.69, 9.17) is 14.6 Å². The molecule has 2 aromatic rings. The maximum atomic E-state index is 12.3. The Morgan fingerprint density at radius 2 is 2.12 bits per heavy atom. The first-order valence-corrected chi connectivity index (χ1v) is 9.27. The Kier molecular flexibility index (Phi) is 5.20. The first-order valence-electron chi connectivity index (χ1n) is 7.72. The molecule has 3 rings (SSSR count). The van der Waals surface area contributed by atoms with Crippen molar-refractivity contribution in [1.82, 2.24) is 15.4 Å². The zero-order valence-electron chi connectivity index (χ0n) is 13.5. The molecule has 0 unspecified atom stereocenters. The quantitative estimate of drug-likeness (QED) is 0.760. The highest BCUT2D eigenvalue weighted by molar-refractivity contribution is 7.96. The number of carboxylic acids is 1. The SMILES string of the molecule is O=C(O)c1nn[nH]c1Oc1cccc(C#CS(=O)(=O)C2CCOCC2)c1. The molecule has 26 heavy (non-hydrogen) atoms. The van der Waals surface area contributed by atoms with E-state index in [0.717, 1.165) is 0 Å². The summed E-state index contributed by atoms with van der Waals surface area (Å²) in [5.74, 6) is 1.48. The van der Waals surface area contributed by atoms with Gasteiger partial charge >= 0.3 is 5.97 Å². The molecule has 2 heterocycles. The van der Waals surface area contributed by atoms with Gasteiger partial charge in [0.1, 0.15) is 5.75 Å². The van der Waals surface area contributed by atoms with Gasteiger partial charge in [-0.25, -0.2) is 18.3 Å². The van der Waals surface area contributed by atoms with Crippen LogP contribution in [0.1, 0.15) is 28.9 Å². The van der Waals surface area contributed by atoms with Gasteiger partial charge in [-0.2, -0.15) is 0 Å². The number of benzene rings is 1. The Hall–Kier alpha value is -2.90. The van der Waals surface area contributed by atoms with Crippen LogP contribution in [0.4, 0.5) is 0 Å². The van der Waals surface area contributed by atoms with Crippen molar-refractivity contribution in [2.45, 2.75) is 18.1 Å². The summed E-state index contributed by atoms with van der Waals surface area (Å²) < 4.78 is 35.1. The number of nitrogens with zero attached hydrogens (tertiary/aromatic N) is 2. The van der Waals surface area contributed by atoms with Crippen LogP contribution in [0.15, 0.2) is 24.3 Å². The molecule has 0 saturated carbocycles. The molecule has 0 amide bonds. The number of carboxylic acid groups (broad SMARTS) is 1. The predicted molar refractivity (Wildman–Crippen MR) is 89.5 cm³/mol. The lowest BCUT2D eigenvalue weighted by atomic mass is 10.2. The largest absolute Gasteiger partial charge is 0.476 e. The number of aromatic carboxylic acids is 1. The van der Waals surface area contributed by atoms with Crippen LogP contribution in [0.2, 0.25) is 0 Å². The third-order valence-corrected chi connectivity index (χ3v) is 5.45. The van der Waals surface area contributed by atoms with E-state index in [1.54, 1.807) is 18.2 Å². The smallest absolute Gasteiger partial charge is 0.362 e. The molecule has 136 valence electrons. The van der Waals surface area contributed by atoms with Gasteiger partial charge in [0.2, 0.25) is 15.5 Å². The summed E-state index contributed by atoms with van der Waals surface area (Å²) in [5, 5.41) is 20.0. The lowest BCUT2D eigenvalue weighted by molar-refractivity contribution is 0.0687. The molecule has 1 saturated heterocycles. The van der Waals surface area contributed by atoms with Gasteiger partial charge in [-0.05, 0) is 37.0 Å². The lowest BCUT2D eigenvalue weighted by Gasteiger charge is -2.19. The van der Waals surface area contributed by atoms with Gasteiger partial charge in [0.25, 0.3) is 5.88 Å². The fraction of sp³-hybridized carbons (Fsp3) is 0.312. The Morgan fingerprint density at radius 3 is 2.85 bits per heavy atom. The molecule has 1 aliphatic rings. The summed E-state index contributed by atoms with van der Waals surface area (Å²) in [5.41, 5.74) is 0.0612. The minimum atomic E-state index is -3.55. The number of sulfone groups is 1. The maximum Gasteiger partial charge on any atom is 0.362 e. The van der Waals surface area contributed by atoms with Gasteiger partial charge in [0.15, 0.2) is 0 Å². The lowest BCUT2D eigenvalue weighted by Crippen LogP contribution is -2.27. The normalized spacial score (nSPS) is 15.1. The summed E-state index contributed by atoms with van der Waals surface area (Å²) in [4.78, 5) is 11.0. The molecule has 0 spiro atoms. The van der Waals surface area contributed by atoms with Crippen LogP contribution < -0.4 is 4.74 Å². The highest BCUT2D eigenvalue weighted by atomic mass is 32.2. The van der Waals surface area contributed by atoms with E-state index in [1.165, 1.54) is 6.07 Å². The molecule has 1 aromatic carbocycles. The zero-order chi connectivity index (χ0) is 18.6. The number of H-pyrrole nitrogens is 1. The Morgan fingerprint density at radius 1 is 1.35 bits per heavy atom. The van der Waals surface area contributed by atoms with Crippen molar-refractivity contribution in [3.05, 3.63) is 35.5 Å². The van der Waals surface area contributed by atoms with Crippen LogP contribution >= 0.6 is 0 Å². The molecule has 1 aromatic heterocycles. The maximum absolute atomic E-state index is 12.3. The third kappa shape index (κ3) is 4.19. The van der Waals surface area contributed by atoms with E-state index in [-0.39, 0.29) is 17.3 Å². The summed E-state index contributed by atoms with van der Waals surface area (Å²) in [6, 6.07) is 6.32. The van der Waals surface area contributed by atoms with Crippen LogP contribution in [0.25, 0.3) is 0 Å². The van der Waals surface area contributed by atoms with Crippen molar-refractivity contribution in [1.29, 1.82) is 0 Å². The number of aromatic amines is 1. The summed E-state index contributed by atoms with van der Waals surface area (Å²) >= 11 is 0. The van der Waals surface area contributed by atoms with Gasteiger partial charge in [-0.3, -0.25) is 0 Å². The number of rotatable bonds is 4. The fourth-order valence-corrected chi connectivity index (χ4v) is 3.62. The number of hydrogen-bond acceptors (Lipinski definition) is 7. The average Bonchev–Trinajstić information content (AvgIpc) is 3.10. The highest BCUT2D eigenvalue weighted by Gasteiger charge is 2.26. The van der Waals surface area contributed by atoms with Crippen molar-refractivity contribution >= 4 is 15.8 Å². The molecule has 0 radical (unpaired) electrons. The van der Waals surface area contributed by atoms with E-state index in [2.05, 4.69) is 26.6 Å². The second-order valence-electron chi connectivity index (χ2n) is 5.51. The molecule has 0 aliphatic carbocycles. The minimum Gasteiger partial charge on any atom is -0.476 e. The highest BCUT2D eigenvalue weighted by Crippen LogP contribution is 2.22. The predicted octanol–water partition coefficient (Wildman–Crippen LogP) is 1.20. The van der Waals surface area contributed by atoms with Crippen LogP contribution in [-0.2, 0) is 14.6 Å². The zero-order valence-corrected chi connectivity index (χ0v) is 14.3. The molecule has 0 bridgehead atoms. The molecule has 1 fully saturated rings.